The molecule has 1 heterocycles. The molecular weight excluding hydrogens is 174 g/mol. The Morgan fingerprint density at radius 3 is 3.08 bits per heavy atom. The number of nitrogens with zero attached hydrogens (tertiary/aromatic N) is 3. The van der Waals surface area contributed by atoms with Gasteiger partial charge in [-0.2, -0.15) is 0 Å². The zero-order valence-electron chi connectivity index (χ0n) is 7.33. The molecule has 1 rings (SSSR count). The van der Waals surface area contributed by atoms with Crippen LogP contribution in [0.25, 0.3) is 0 Å². The highest BCUT2D eigenvalue weighted by molar-refractivity contribution is 6.17. The average molecular weight is 188 g/mol. The first-order valence-electron chi connectivity index (χ1n) is 4.31. The van der Waals surface area contributed by atoms with Crippen molar-refractivity contribution in [1.82, 2.24) is 15.0 Å². The molecule has 0 fully saturated rings. The van der Waals surface area contributed by atoms with Crippen molar-refractivity contribution in [2.45, 2.75) is 32.7 Å². The van der Waals surface area contributed by atoms with E-state index in [0.29, 0.717) is 5.88 Å². The molecule has 12 heavy (non-hydrogen) atoms. The van der Waals surface area contributed by atoms with Gasteiger partial charge in [0, 0.05) is 18.6 Å². The minimum atomic E-state index is 0.695. The molecule has 0 aliphatic carbocycles. The van der Waals surface area contributed by atoms with E-state index in [4.69, 9.17) is 11.6 Å². The standard InChI is InChI=1S/C8H14ClN3/c1-2-6-12-7-8(10-11-12)4-3-5-9/h7H,2-6H2,1H3. The molecule has 0 saturated carbocycles. The predicted octanol–water partition coefficient (Wildman–Crippen LogP) is 1.86. The van der Waals surface area contributed by atoms with Crippen molar-refractivity contribution >= 4 is 11.6 Å². The molecule has 0 unspecified atom stereocenters. The van der Waals surface area contributed by atoms with E-state index in [1.54, 1.807) is 0 Å². The third-order valence-electron chi connectivity index (χ3n) is 1.61. The Morgan fingerprint density at radius 2 is 2.42 bits per heavy atom. The van der Waals surface area contributed by atoms with Gasteiger partial charge in [0.05, 0.1) is 5.69 Å². The molecule has 1 aromatic rings. The van der Waals surface area contributed by atoms with Crippen molar-refractivity contribution in [3.63, 3.8) is 0 Å². The monoisotopic (exact) mass is 187 g/mol. The molecule has 0 spiro atoms. The van der Waals surface area contributed by atoms with Crippen LogP contribution in [0.4, 0.5) is 0 Å². The van der Waals surface area contributed by atoms with Crippen LogP contribution in [0.2, 0.25) is 0 Å². The summed E-state index contributed by atoms with van der Waals surface area (Å²) >= 11 is 5.56. The summed E-state index contributed by atoms with van der Waals surface area (Å²) in [5.74, 6) is 0.695. The molecule has 0 amide bonds. The van der Waals surface area contributed by atoms with E-state index in [0.717, 1.165) is 31.5 Å². The van der Waals surface area contributed by atoms with Gasteiger partial charge in [-0.3, -0.25) is 4.68 Å². The van der Waals surface area contributed by atoms with E-state index in [1.807, 2.05) is 10.9 Å². The van der Waals surface area contributed by atoms with Crippen molar-refractivity contribution in [3.8, 4) is 0 Å². The smallest absolute Gasteiger partial charge is 0.0827 e. The highest BCUT2D eigenvalue weighted by Gasteiger charge is 1.98. The number of aryl methyl sites for hydroxylation is 2. The van der Waals surface area contributed by atoms with Crippen molar-refractivity contribution in [1.29, 1.82) is 0 Å². The van der Waals surface area contributed by atoms with E-state index < -0.39 is 0 Å². The Hall–Kier alpha value is -0.570. The lowest BCUT2D eigenvalue weighted by Gasteiger charge is -1.92. The number of halogens is 1. The first-order valence-corrected chi connectivity index (χ1v) is 4.85. The van der Waals surface area contributed by atoms with Crippen LogP contribution in [-0.2, 0) is 13.0 Å². The first kappa shape index (κ1) is 9.52. The molecule has 0 bridgehead atoms. The molecule has 0 radical (unpaired) electrons. The number of hydrogen-bond acceptors (Lipinski definition) is 2. The summed E-state index contributed by atoms with van der Waals surface area (Å²) in [5.41, 5.74) is 1.05. The van der Waals surface area contributed by atoms with Crippen LogP contribution in [0.1, 0.15) is 25.5 Å². The van der Waals surface area contributed by atoms with Gasteiger partial charge in [-0.1, -0.05) is 12.1 Å². The zero-order chi connectivity index (χ0) is 8.81. The molecule has 0 aliphatic heterocycles. The predicted molar refractivity (Wildman–Crippen MR) is 49.4 cm³/mol. The van der Waals surface area contributed by atoms with Crippen LogP contribution in [0.5, 0.6) is 0 Å². The Morgan fingerprint density at radius 1 is 1.58 bits per heavy atom. The van der Waals surface area contributed by atoms with Gasteiger partial charge in [0.15, 0.2) is 0 Å². The fourth-order valence-electron chi connectivity index (χ4n) is 1.04. The van der Waals surface area contributed by atoms with Gasteiger partial charge in [0.25, 0.3) is 0 Å². The molecule has 0 aromatic carbocycles. The second-order valence-electron chi connectivity index (χ2n) is 2.77. The summed E-state index contributed by atoms with van der Waals surface area (Å²) in [4.78, 5) is 0. The SMILES string of the molecule is CCCn1cc(CCCCl)nn1. The Labute approximate surface area is 77.7 Å². The number of aromatic nitrogens is 3. The summed E-state index contributed by atoms with van der Waals surface area (Å²) in [6, 6.07) is 0. The van der Waals surface area contributed by atoms with E-state index >= 15 is 0 Å². The Kier molecular flexibility index (Phi) is 4.08. The van der Waals surface area contributed by atoms with Gasteiger partial charge in [-0.25, -0.2) is 0 Å². The van der Waals surface area contributed by atoms with Gasteiger partial charge >= 0.3 is 0 Å². The van der Waals surface area contributed by atoms with Gasteiger partial charge in [0.2, 0.25) is 0 Å². The molecule has 68 valence electrons. The molecule has 0 saturated heterocycles. The minimum absolute atomic E-state index is 0.695. The molecule has 4 heteroatoms. The van der Waals surface area contributed by atoms with Crippen molar-refractivity contribution < 1.29 is 0 Å². The van der Waals surface area contributed by atoms with Crippen molar-refractivity contribution in [2.75, 3.05) is 5.88 Å². The summed E-state index contributed by atoms with van der Waals surface area (Å²) < 4.78 is 1.88. The Balaban J connectivity index is 2.41. The second kappa shape index (κ2) is 5.14. The number of rotatable bonds is 5. The van der Waals surface area contributed by atoms with Crippen LogP contribution < -0.4 is 0 Å². The number of alkyl halides is 1. The third-order valence-corrected chi connectivity index (χ3v) is 1.87. The van der Waals surface area contributed by atoms with Crippen LogP contribution in [0.15, 0.2) is 6.20 Å². The van der Waals surface area contributed by atoms with Gasteiger partial charge in [0.1, 0.15) is 0 Å². The van der Waals surface area contributed by atoms with Crippen LogP contribution in [0.3, 0.4) is 0 Å². The van der Waals surface area contributed by atoms with Gasteiger partial charge in [-0.05, 0) is 19.3 Å². The van der Waals surface area contributed by atoms with Gasteiger partial charge < -0.3 is 0 Å². The maximum atomic E-state index is 5.56. The minimum Gasteiger partial charge on any atom is -0.252 e. The topological polar surface area (TPSA) is 30.7 Å². The maximum Gasteiger partial charge on any atom is 0.0827 e. The van der Waals surface area contributed by atoms with E-state index in [1.165, 1.54) is 0 Å². The molecular formula is C8H14ClN3. The summed E-state index contributed by atoms with van der Waals surface area (Å²) in [6.45, 7) is 3.08. The van der Waals surface area contributed by atoms with Crippen molar-refractivity contribution in [2.24, 2.45) is 0 Å². The highest BCUT2D eigenvalue weighted by Crippen LogP contribution is 1.99. The van der Waals surface area contributed by atoms with E-state index in [9.17, 15) is 0 Å². The largest absolute Gasteiger partial charge is 0.252 e. The van der Waals surface area contributed by atoms with E-state index in [2.05, 4.69) is 17.2 Å². The number of hydrogen-bond donors (Lipinski definition) is 0. The highest BCUT2D eigenvalue weighted by atomic mass is 35.5. The third kappa shape index (κ3) is 2.81. The van der Waals surface area contributed by atoms with E-state index in [-0.39, 0.29) is 0 Å². The maximum absolute atomic E-state index is 5.56. The Bertz CT molecular complexity index is 222. The van der Waals surface area contributed by atoms with Crippen LogP contribution >= 0.6 is 11.6 Å². The average Bonchev–Trinajstić information content (AvgIpc) is 2.50. The first-order chi connectivity index (χ1) is 5.86. The normalized spacial score (nSPS) is 10.5. The summed E-state index contributed by atoms with van der Waals surface area (Å²) in [6.07, 6.45) is 5.01. The van der Waals surface area contributed by atoms with Crippen molar-refractivity contribution in [3.05, 3.63) is 11.9 Å². The lowest BCUT2D eigenvalue weighted by Crippen LogP contribution is -1.96. The lowest BCUT2D eigenvalue weighted by molar-refractivity contribution is 0.579. The molecule has 1 aromatic heterocycles. The van der Waals surface area contributed by atoms with Crippen LogP contribution in [-0.4, -0.2) is 20.9 Å². The summed E-state index contributed by atoms with van der Waals surface area (Å²) in [5, 5.41) is 8.01. The summed E-state index contributed by atoms with van der Waals surface area (Å²) in [7, 11) is 0. The zero-order valence-corrected chi connectivity index (χ0v) is 8.09. The molecule has 0 atom stereocenters. The van der Waals surface area contributed by atoms with Gasteiger partial charge in [-0.15, -0.1) is 16.7 Å². The second-order valence-corrected chi connectivity index (χ2v) is 3.14. The fraction of sp³-hybridized carbons (Fsp3) is 0.750. The molecule has 0 N–H and O–H groups in total. The molecule has 3 nitrogen and oxygen atoms in total. The lowest BCUT2D eigenvalue weighted by atomic mass is 10.3. The molecule has 0 aliphatic rings. The van der Waals surface area contributed by atoms with Crippen LogP contribution in [0, 0.1) is 0 Å². The fourth-order valence-corrected chi connectivity index (χ4v) is 1.17. The quantitative estimate of drug-likeness (QED) is 0.659.